The molecule has 2 heteroatoms. The van der Waals surface area contributed by atoms with E-state index >= 15 is 0 Å². The molecule has 0 amide bonds. The summed E-state index contributed by atoms with van der Waals surface area (Å²) in [5, 5.41) is 0. The second kappa shape index (κ2) is 6.83. The van der Waals surface area contributed by atoms with Crippen LogP contribution in [0.5, 0.6) is 0 Å². The summed E-state index contributed by atoms with van der Waals surface area (Å²) in [6.45, 7) is 14.2. The number of aliphatic imine (C=N–C) groups is 1. The molecule has 1 rings (SSSR count). The average Bonchev–Trinajstić information content (AvgIpc) is 2.37. The van der Waals surface area contributed by atoms with Crippen molar-refractivity contribution in [3.05, 3.63) is 29.3 Å². The number of para-hydroxylation sites is 1. The molecule has 0 radical (unpaired) electrons. The first kappa shape index (κ1) is 16.6. The first-order valence-corrected chi connectivity index (χ1v) is 7.44. The van der Waals surface area contributed by atoms with Crippen LogP contribution in [0.1, 0.15) is 71.4 Å². The van der Waals surface area contributed by atoms with Gasteiger partial charge in [0.25, 0.3) is 0 Å². The summed E-state index contributed by atoms with van der Waals surface area (Å²) >= 11 is 0. The van der Waals surface area contributed by atoms with Gasteiger partial charge in [0.15, 0.2) is 0 Å². The van der Waals surface area contributed by atoms with Gasteiger partial charge in [0.1, 0.15) is 5.78 Å². The minimum atomic E-state index is -0.116. The molecular formula is C18H27NO. The summed E-state index contributed by atoms with van der Waals surface area (Å²) in [4.78, 5) is 16.4. The van der Waals surface area contributed by atoms with Crippen molar-refractivity contribution >= 4 is 17.2 Å². The van der Waals surface area contributed by atoms with Gasteiger partial charge in [-0.25, -0.2) is 0 Å². The van der Waals surface area contributed by atoms with Crippen LogP contribution in [-0.2, 0) is 4.79 Å². The number of benzene rings is 1. The van der Waals surface area contributed by atoms with Crippen molar-refractivity contribution in [1.82, 2.24) is 0 Å². The third-order valence-electron chi connectivity index (χ3n) is 3.87. The lowest BCUT2D eigenvalue weighted by Gasteiger charge is -2.18. The van der Waals surface area contributed by atoms with E-state index in [1.165, 1.54) is 11.1 Å². The van der Waals surface area contributed by atoms with E-state index in [1.807, 2.05) is 13.8 Å². The third-order valence-corrected chi connectivity index (χ3v) is 3.87. The average molecular weight is 273 g/mol. The number of rotatable bonds is 5. The molecule has 0 fully saturated rings. The van der Waals surface area contributed by atoms with Crippen LogP contribution in [0.25, 0.3) is 0 Å². The lowest BCUT2D eigenvalue weighted by molar-refractivity contribution is -0.118. The highest BCUT2D eigenvalue weighted by atomic mass is 16.1. The van der Waals surface area contributed by atoms with E-state index in [1.54, 1.807) is 6.92 Å². The minimum absolute atomic E-state index is 0.116. The predicted octanol–water partition coefficient (Wildman–Crippen LogP) is 5.25. The van der Waals surface area contributed by atoms with Crippen LogP contribution >= 0.6 is 0 Å². The van der Waals surface area contributed by atoms with Gasteiger partial charge >= 0.3 is 0 Å². The van der Waals surface area contributed by atoms with Crippen molar-refractivity contribution in [1.29, 1.82) is 0 Å². The molecule has 20 heavy (non-hydrogen) atoms. The third kappa shape index (κ3) is 3.78. The van der Waals surface area contributed by atoms with E-state index in [2.05, 4.69) is 45.9 Å². The summed E-state index contributed by atoms with van der Waals surface area (Å²) in [5.74, 6) is 0.898. The topological polar surface area (TPSA) is 29.4 Å². The van der Waals surface area contributed by atoms with Gasteiger partial charge < -0.3 is 0 Å². The second-order valence-corrected chi connectivity index (χ2v) is 6.18. The maximum absolute atomic E-state index is 11.5. The largest absolute Gasteiger partial charge is 0.299 e. The normalized spacial score (nSPS) is 13.9. The monoisotopic (exact) mass is 273 g/mol. The van der Waals surface area contributed by atoms with Gasteiger partial charge in [-0.3, -0.25) is 9.79 Å². The summed E-state index contributed by atoms with van der Waals surface area (Å²) in [7, 11) is 0. The Bertz CT molecular complexity index is 486. The zero-order valence-electron chi connectivity index (χ0n) is 13.8. The fraction of sp³-hybridized carbons (Fsp3) is 0.556. The number of ketones is 1. The molecule has 0 saturated heterocycles. The van der Waals surface area contributed by atoms with Crippen LogP contribution in [-0.4, -0.2) is 11.5 Å². The molecule has 0 bridgehead atoms. The summed E-state index contributed by atoms with van der Waals surface area (Å²) < 4.78 is 0. The fourth-order valence-electron chi connectivity index (χ4n) is 2.21. The molecule has 0 aliphatic heterocycles. The SMILES string of the molecule is CC(=O)C(C)C(C)=Nc1c(C(C)C)cccc1C(C)C. The number of Topliss-reactive ketones (excluding diaryl/α,β-unsaturated/α-hetero) is 1. The highest BCUT2D eigenvalue weighted by molar-refractivity contribution is 6.03. The molecule has 1 atom stereocenters. The van der Waals surface area contributed by atoms with Gasteiger partial charge in [-0.05, 0) is 36.8 Å². The van der Waals surface area contributed by atoms with E-state index in [0.717, 1.165) is 11.4 Å². The molecule has 1 unspecified atom stereocenters. The molecule has 110 valence electrons. The molecule has 1 aromatic carbocycles. The zero-order valence-corrected chi connectivity index (χ0v) is 13.8. The quantitative estimate of drug-likeness (QED) is 0.674. The molecular weight excluding hydrogens is 246 g/mol. The van der Waals surface area contributed by atoms with E-state index in [4.69, 9.17) is 4.99 Å². The Morgan fingerprint density at radius 2 is 1.40 bits per heavy atom. The van der Waals surface area contributed by atoms with Crippen molar-refractivity contribution in [2.45, 2.75) is 60.3 Å². The van der Waals surface area contributed by atoms with Crippen molar-refractivity contribution < 1.29 is 4.79 Å². The number of carbonyl (C=O) groups excluding carboxylic acids is 1. The van der Waals surface area contributed by atoms with Crippen LogP contribution in [0.15, 0.2) is 23.2 Å². The van der Waals surface area contributed by atoms with Crippen LogP contribution in [0.2, 0.25) is 0 Å². The maximum atomic E-state index is 11.5. The smallest absolute Gasteiger partial charge is 0.138 e. The highest BCUT2D eigenvalue weighted by Crippen LogP contribution is 2.35. The van der Waals surface area contributed by atoms with Gasteiger partial charge in [0.05, 0.1) is 11.6 Å². The number of hydrogen-bond donors (Lipinski definition) is 0. The van der Waals surface area contributed by atoms with Crippen molar-refractivity contribution in [3.8, 4) is 0 Å². The molecule has 0 heterocycles. The van der Waals surface area contributed by atoms with Gasteiger partial charge in [0.2, 0.25) is 0 Å². The van der Waals surface area contributed by atoms with E-state index < -0.39 is 0 Å². The zero-order chi connectivity index (χ0) is 15.4. The van der Waals surface area contributed by atoms with Gasteiger partial charge in [-0.15, -0.1) is 0 Å². The molecule has 0 aliphatic carbocycles. The van der Waals surface area contributed by atoms with Gasteiger partial charge in [-0.2, -0.15) is 0 Å². The van der Waals surface area contributed by atoms with Gasteiger partial charge in [0, 0.05) is 5.71 Å². The Kier molecular flexibility index (Phi) is 5.67. The Morgan fingerprint density at radius 1 is 0.950 bits per heavy atom. The fourth-order valence-corrected chi connectivity index (χ4v) is 2.21. The molecule has 2 nitrogen and oxygen atoms in total. The number of hydrogen-bond acceptors (Lipinski definition) is 2. The van der Waals surface area contributed by atoms with Crippen LogP contribution in [0, 0.1) is 5.92 Å². The molecule has 0 aromatic heterocycles. The Balaban J connectivity index is 3.41. The first-order chi connectivity index (χ1) is 9.25. The van der Waals surface area contributed by atoms with Crippen LogP contribution < -0.4 is 0 Å². The summed E-state index contributed by atoms with van der Waals surface area (Å²) in [5.41, 5.74) is 4.47. The first-order valence-electron chi connectivity index (χ1n) is 7.44. The molecule has 0 spiro atoms. The molecule has 0 saturated carbocycles. The highest BCUT2D eigenvalue weighted by Gasteiger charge is 2.16. The van der Waals surface area contributed by atoms with Crippen molar-refractivity contribution in [2.75, 3.05) is 0 Å². The van der Waals surface area contributed by atoms with Gasteiger partial charge in [-0.1, -0.05) is 52.8 Å². The summed E-state index contributed by atoms with van der Waals surface area (Å²) in [6, 6.07) is 6.38. The number of nitrogens with zero attached hydrogens (tertiary/aromatic N) is 1. The Hall–Kier alpha value is -1.44. The molecule has 1 aromatic rings. The van der Waals surface area contributed by atoms with Crippen molar-refractivity contribution in [3.63, 3.8) is 0 Å². The Labute approximate surface area is 123 Å². The predicted molar refractivity (Wildman–Crippen MR) is 87.2 cm³/mol. The lowest BCUT2D eigenvalue weighted by Crippen LogP contribution is -2.15. The standard InChI is InChI=1S/C18H27NO/c1-11(2)16-9-8-10-17(12(3)4)18(16)19-14(6)13(5)15(7)20/h8-13H,1-7H3. The van der Waals surface area contributed by atoms with Crippen LogP contribution in [0.4, 0.5) is 5.69 Å². The van der Waals surface area contributed by atoms with E-state index in [9.17, 15) is 4.79 Å². The number of carbonyl (C=O) groups is 1. The summed E-state index contributed by atoms with van der Waals surface area (Å²) in [6.07, 6.45) is 0. The van der Waals surface area contributed by atoms with E-state index in [-0.39, 0.29) is 11.7 Å². The maximum Gasteiger partial charge on any atom is 0.138 e. The molecule has 0 aliphatic rings. The van der Waals surface area contributed by atoms with Crippen molar-refractivity contribution in [2.24, 2.45) is 10.9 Å². The second-order valence-electron chi connectivity index (χ2n) is 6.18. The Morgan fingerprint density at radius 3 is 1.75 bits per heavy atom. The van der Waals surface area contributed by atoms with Crippen LogP contribution in [0.3, 0.4) is 0 Å². The minimum Gasteiger partial charge on any atom is -0.299 e. The lowest BCUT2D eigenvalue weighted by atomic mass is 9.92. The van der Waals surface area contributed by atoms with E-state index in [0.29, 0.717) is 11.8 Å². The molecule has 0 N–H and O–H groups in total.